The van der Waals surface area contributed by atoms with Crippen LogP contribution in [0.15, 0.2) is 0 Å². The molecule has 0 aromatic carbocycles. The molecule has 6 nitrogen and oxygen atoms in total. The van der Waals surface area contributed by atoms with E-state index in [1.54, 1.807) is 0 Å². The van der Waals surface area contributed by atoms with Gasteiger partial charge in [0.05, 0.1) is 5.69 Å². The standard InChI is InChI=1S/C14H21N5OS/c1-18(2)8-9-3-5-19(6-4-9)14-10(7-15)11(16)12(21-14)13(17)20/h9H,3-6,8,16H2,1-2H3,(H2,17,20). The lowest BCUT2D eigenvalue weighted by atomic mass is 9.96. The second-order valence-electron chi connectivity index (χ2n) is 5.69. The zero-order chi connectivity index (χ0) is 15.6. The van der Waals surface area contributed by atoms with E-state index in [1.807, 2.05) is 0 Å². The van der Waals surface area contributed by atoms with Gasteiger partial charge in [-0.1, -0.05) is 0 Å². The van der Waals surface area contributed by atoms with E-state index in [4.69, 9.17) is 11.5 Å². The van der Waals surface area contributed by atoms with Crippen molar-refractivity contribution >= 4 is 27.9 Å². The van der Waals surface area contributed by atoms with Gasteiger partial charge >= 0.3 is 0 Å². The van der Waals surface area contributed by atoms with E-state index < -0.39 is 5.91 Å². The maximum atomic E-state index is 11.4. The van der Waals surface area contributed by atoms with Crippen LogP contribution in [0.4, 0.5) is 10.7 Å². The van der Waals surface area contributed by atoms with E-state index in [1.165, 1.54) is 11.3 Å². The average Bonchev–Trinajstić information content (AvgIpc) is 2.76. The fraction of sp³-hybridized carbons (Fsp3) is 0.571. The van der Waals surface area contributed by atoms with Crippen LogP contribution in [0.5, 0.6) is 0 Å². The summed E-state index contributed by atoms with van der Waals surface area (Å²) in [7, 11) is 4.17. The Kier molecular flexibility index (Phi) is 4.70. The first-order chi connectivity index (χ1) is 9.93. The number of carbonyl (C=O) groups is 1. The third-order valence-corrected chi connectivity index (χ3v) is 5.07. The molecule has 2 heterocycles. The number of amides is 1. The largest absolute Gasteiger partial charge is 0.396 e. The Morgan fingerprint density at radius 1 is 1.48 bits per heavy atom. The Bertz CT molecular complexity index is 567. The van der Waals surface area contributed by atoms with Crippen LogP contribution in [0.25, 0.3) is 0 Å². The Hall–Kier alpha value is -1.78. The minimum atomic E-state index is -0.567. The van der Waals surface area contributed by atoms with Gasteiger partial charge in [-0.25, -0.2) is 0 Å². The van der Waals surface area contributed by atoms with Gasteiger partial charge in [-0.05, 0) is 32.9 Å². The number of carbonyl (C=O) groups excluding carboxylic acids is 1. The highest BCUT2D eigenvalue weighted by atomic mass is 32.1. The lowest BCUT2D eigenvalue weighted by Crippen LogP contribution is -2.37. The molecule has 0 unspecified atom stereocenters. The molecule has 1 aliphatic heterocycles. The fourth-order valence-corrected chi connectivity index (χ4v) is 3.86. The smallest absolute Gasteiger partial charge is 0.261 e. The lowest BCUT2D eigenvalue weighted by molar-refractivity contribution is 0.100. The van der Waals surface area contributed by atoms with Gasteiger partial charge in [-0.15, -0.1) is 11.3 Å². The van der Waals surface area contributed by atoms with Gasteiger partial charge in [0.25, 0.3) is 5.91 Å². The molecule has 1 aromatic heterocycles. The number of hydrogen-bond acceptors (Lipinski definition) is 6. The summed E-state index contributed by atoms with van der Waals surface area (Å²) in [5, 5.41) is 10.1. The zero-order valence-corrected chi connectivity index (χ0v) is 13.2. The van der Waals surface area contributed by atoms with Gasteiger partial charge in [0, 0.05) is 19.6 Å². The van der Waals surface area contributed by atoms with Crippen LogP contribution in [0.2, 0.25) is 0 Å². The average molecular weight is 307 g/mol. The third kappa shape index (κ3) is 3.28. The van der Waals surface area contributed by atoms with E-state index >= 15 is 0 Å². The molecule has 1 aromatic rings. The van der Waals surface area contributed by atoms with Crippen molar-refractivity contribution in [3.63, 3.8) is 0 Å². The van der Waals surface area contributed by atoms with Crippen molar-refractivity contribution in [1.82, 2.24) is 4.90 Å². The van der Waals surface area contributed by atoms with Crippen molar-refractivity contribution in [2.24, 2.45) is 11.7 Å². The summed E-state index contributed by atoms with van der Waals surface area (Å²) >= 11 is 1.23. The van der Waals surface area contributed by atoms with Crippen LogP contribution >= 0.6 is 11.3 Å². The highest BCUT2D eigenvalue weighted by Crippen LogP contribution is 2.39. The normalized spacial score (nSPS) is 16.2. The number of primary amides is 1. The molecule has 0 aliphatic carbocycles. The van der Waals surface area contributed by atoms with E-state index in [0.29, 0.717) is 11.5 Å². The summed E-state index contributed by atoms with van der Waals surface area (Å²) in [6.45, 7) is 2.84. The summed E-state index contributed by atoms with van der Waals surface area (Å²) in [4.78, 5) is 16.0. The second kappa shape index (κ2) is 6.33. The van der Waals surface area contributed by atoms with Crippen molar-refractivity contribution in [3.8, 4) is 6.07 Å². The number of hydrogen-bond donors (Lipinski definition) is 2. The summed E-state index contributed by atoms with van der Waals surface area (Å²) in [5.74, 6) is 0.109. The second-order valence-corrected chi connectivity index (χ2v) is 6.69. The van der Waals surface area contributed by atoms with Crippen LogP contribution in [0.3, 0.4) is 0 Å². The van der Waals surface area contributed by atoms with Crippen molar-refractivity contribution in [2.45, 2.75) is 12.8 Å². The zero-order valence-electron chi connectivity index (χ0n) is 12.4. The summed E-state index contributed by atoms with van der Waals surface area (Å²) < 4.78 is 0. The molecule has 0 radical (unpaired) electrons. The van der Waals surface area contributed by atoms with Gasteiger partial charge < -0.3 is 21.3 Å². The Balaban J connectivity index is 2.15. The Morgan fingerprint density at radius 3 is 2.57 bits per heavy atom. The minimum absolute atomic E-state index is 0.223. The maximum absolute atomic E-state index is 11.4. The van der Waals surface area contributed by atoms with E-state index in [9.17, 15) is 10.1 Å². The number of nitrogens with two attached hydrogens (primary N) is 2. The molecule has 1 saturated heterocycles. The first kappa shape index (κ1) is 15.6. The molecule has 114 valence electrons. The van der Waals surface area contributed by atoms with E-state index in [0.717, 1.165) is 37.5 Å². The third-order valence-electron chi connectivity index (χ3n) is 3.79. The number of thiophene rings is 1. The van der Waals surface area contributed by atoms with Gasteiger partial charge in [0.2, 0.25) is 0 Å². The molecule has 7 heteroatoms. The summed E-state index contributed by atoms with van der Waals surface area (Å²) in [6.07, 6.45) is 2.15. The molecule has 1 aliphatic rings. The number of nitriles is 1. The van der Waals surface area contributed by atoms with E-state index in [-0.39, 0.29) is 10.6 Å². The molecular formula is C14H21N5OS. The number of nitrogen functional groups attached to an aromatic ring is 1. The molecular weight excluding hydrogens is 286 g/mol. The molecule has 1 fully saturated rings. The highest BCUT2D eigenvalue weighted by Gasteiger charge is 2.26. The molecule has 21 heavy (non-hydrogen) atoms. The predicted octanol–water partition coefficient (Wildman–Crippen LogP) is 1.08. The molecule has 0 saturated carbocycles. The topological polar surface area (TPSA) is 99.4 Å². The molecule has 4 N–H and O–H groups in total. The number of piperidine rings is 1. The van der Waals surface area contributed by atoms with Crippen molar-refractivity contribution in [1.29, 1.82) is 5.26 Å². The van der Waals surface area contributed by atoms with Gasteiger partial charge in [0.15, 0.2) is 0 Å². The SMILES string of the molecule is CN(C)CC1CCN(c2sc(C(N)=O)c(N)c2C#N)CC1. The predicted molar refractivity (Wildman–Crippen MR) is 85.5 cm³/mol. The molecule has 0 spiro atoms. The van der Waals surface area contributed by atoms with Gasteiger partial charge in [0.1, 0.15) is 21.5 Å². The Morgan fingerprint density at radius 2 is 2.10 bits per heavy atom. The molecule has 0 bridgehead atoms. The quantitative estimate of drug-likeness (QED) is 0.867. The molecule has 2 rings (SSSR count). The maximum Gasteiger partial charge on any atom is 0.261 e. The summed E-state index contributed by atoms with van der Waals surface area (Å²) in [6, 6.07) is 2.11. The van der Waals surface area contributed by atoms with Crippen LogP contribution in [-0.4, -0.2) is 44.5 Å². The van der Waals surface area contributed by atoms with Crippen molar-refractivity contribution in [3.05, 3.63) is 10.4 Å². The van der Waals surface area contributed by atoms with Crippen LogP contribution in [0, 0.1) is 17.2 Å². The van der Waals surface area contributed by atoms with Crippen molar-refractivity contribution in [2.75, 3.05) is 44.4 Å². The number of nitrogens with zero attached hydrogens (tertiary/aromatic N) is 3. The molecule has 1 amide bonds. The molecule has 0 atom stereocenters. The van der Waals surface area contributed by atoms with Gasteiger partial charge in [-0.3, -0.25) is 4.79 Å². The van der Waals surface area contributed by atoms with E-state index in [2.05, 4.69) is 30.0 Å². The van der Waals surface area contributed by atoms with Crippen molar-refractivity contribution < 1.29 is 4.79 Å². The van der Waals surface area contributed by atoms with Crippen LogP contribution in [-0.2, 0) is 0 Å². The highest BCUT2D eigenvalue weighted by molar-refractivity contribution is 7.19. The lowest BCUT2D eigenvalue weighted by Gasteiger charge is -2.34. The first-order valence-corrected chi connectivity index (χ1v) is 7.77. The Labute approximate surface area is 128 Å². The van der Waals surface area contributed by atoms with Gasteiger partial charge in [-0.2, -0.15) is 5.26 Å². The monoisotopic (exact) mass is 307 g/mol. The fourth-order valence-electron chi connectivity index (χ4n) is 2.78. The van der Waals surface area contributed by atoms with Crippen LogP contribution < -0.4 is 16.4 Å². The summed E-state index contributed by atoms with van der Waals surface area (Å²) in [5.41, 5.74) is 11.8. The first-order valence-electron chi connectivity index (χ1n) is 6.95. The number of anilines is 2. The van der Waals surface area contributed by atoms with Crippen LogP contribution in [0.1, 0.15) is 28.1 Å². The number of rotatable bonds is 4. The minimum Gasteiger partial charge on any atom is -0.396 e.